The Kier molecular flexibility index (Phi) is 2.52. The number of halogens is 1. The molecule has 0 aliphatic heterocycles. The molecule has 0 heterocycles. The third kappa shape index (κ3) is 1.66. The quantitative estimate of drug-likeness (QED) is 0.834. The lowest BCUT2D eigenvalue weighted by molar-refractivity contribution is 0.177. The minimum Gasteiger partial charge on any atom is -0.388 e. The average molecular weight is 230 g/mol. The van der Waals surface area contributed by atoms with Crippen LogP contribution in [0.15, 0.2) is 23.1 Å². The van der Waals surface area contributed by atoms with Gasteiger partial charge in [0.1, 0.15) is 0 Å². The molecule has 0 bridgehead atoms. The van der Waals surface area contributed by atoms with Crippen LogP contribution in [0.1, 0.15) is 23.7 Å². The second-order valence-corrected chi connectivity index (χ2v) is 5.49. The maximum Gasteiger partial charge on any atom is 0.207 e. The smallest absolute Gasteiger partial charge is 0.207 e. The van der Waals surface area contributed by atoms with Gasteiger partial charge in [0.05, 0.1) is 11.0 Å². The van der Waals surface area contributed by atoms with Crippen LogP contribution in [0.5, 0.6) is 0 Å². The van der Waals surface area contributed by atoms with Crippen molar-refractivity contribution < 1.29 is 17.9 Å². The van der Waals surface area contributed by atoms with Gasteiger partial charge in [-0.3, -0.25) is 0 Å². The van der Waals surface area contributed by atoms with Crippen LogP contribution < -0.4 is 0 Å². The summed E-state index contributed by atoms with van der Waals surface area (Å²) in [5, 5.41) is 9.63. The summed E-state index contributed by atoms with van der Waals surface area (Å²) in [4.78, 5) is -0.0625. The molecule has 1 aliphatic rings. The topological polar surface area (TPSA) is 54.4 Å². The summed E-state index contributed by atoms with van der Waals surface area (Å²) < 4.78 is 35.2. The lowest BCUT2D eigenvalue weighted by Gasteiger charge is -2.10. The van der Waals surface area contributed by atoms with Crippen LogP contribution >= 0.6 is 0 Å². The van der Waals surface area contributed by atoms with Gasteiger partial charge in [-0.1, -0.05) is 12.1 Å². The molecule has 0 saturated carbocycles. The number of rotatable bonds is 2. The van der Waals surface area contributed by atoms with Crippen LogP contribution in [0.25, 0.3) is 0 Å². The number of benzene rings is 1. The molecule has 1 unspecified atom stereocenters. The summed E-state index contributed by atoms with van der Waals surface area (Å²) in [5.41, 5.74) is 1.19. The standard InChI is InChI=1S/C10H11FO3S/c11-6-15(13,14)9-3-1-2-7-4-5-8(12)10(7)9/h1-3,8,12H,4-6H2. The van der Waals surface area contributed by atoms with Gasteiger partial charge in [0, 0.05) is 5.56 Å². The first-order chi connectivity index (χ1) is 7.06. The van der Waals surface area contributed by atoms with E-state index in [2.05, 4.69) is 0 Å². The summed E-state index contributed by atoms with van der Waals surface area (Å²) in [6, 6.07) is 3.28. The zero-order chi connectivity index (χ0) is 11.1. The fraction of sp³-hybridized carbons (Fsp3) is 0.400. The fourth-order valence-corrected chi connectivity index (χ4v) is 2.96. The van der Waals surface area contributed by atoms with Crippen molar-refractivity contribution in [3.63, 3.8) is 0 Å². The first-order valence-electron chi connectivity index (χ1n) is 4.65. The van der Waals surface area contributed by atoms with Gasteiger partial charge in [-0.05, 0) is 24.5 Å². The van der Waals surface area contributed by atoms with Gasteiger partial charge >= 0.3 is 0 Å². The monoisotopic (exact) mass is 230 g/mol. The van der Waals surface area contributed by atoms with Crippen LogP contribution in [-0.4, -0.2) is 19.5 Å². The number of aliphatic hydroxyl groups is 1. The molecule has 2 rings (SSSR count). The largest absolute Gasteiger partial charge is 0.388 e. The third-order valence-corrected chi connectivity index (χ3v) is 3.97. The highest BCUT2D eigenvalue weighted by Crippen LogP contribution is 2.36. The molecule has 1 N–H and O–H groups in total. The van der Waals surface area contributed by atoms with Gasteiger partial charge in [0.15, 0.2) is 6.01 Å². The number of sulfone groups is 1. The first-order valence-corrected chi connectivity index (χ1v) is 6.30. The van der Waals surface area contributed by atoms with Gasteiger partial charge in [-0.2, -0.15) is 0 Å². The van der Waals surface area contributed by atoms with Gasteiger partial charge in [-0.25, -0.2) is 12.8 Å². The molecule has 0 aromatic heterocycles. The predicted molar refractivity (Wildman–Crippen MR) is 52.9 cm³/mol. The number of alkyl halides is 1. The van der Waals surface area contributed by atoms with Crippen LogP contribution in [0, 0.1) is 0 Å². The van der Waals surface area contributed by atoms with Crippen molar-refractivity contribution in [3.8, 4) is 0 Å². The highest BCUT2D eigenvalue weighted by Gasteiger charge is 2.28. The minimum absolute atomic E-state index is 0.0625. The van der Waals surface area contributed by atoms with Gasteiger partial charge < -0.3 is 5.11 Å². The van der Waals surface area contributed by atoms with Crippen molar-refractivity contribution in [2.45, 2.75) is 23.8 Å². The molecule has 15 heavy (non-hydrogen) atoms. The number of hydrogen-bond acceptors (Lipinski definition) is 3. The molecular formula is C10H11FO3S. The highest BCUT2D eigenvalue weighted by molar-refractivity contribution is 7.91. The van der Waals surface area contributed by atoms with Crippen LogP contribution in [-0.2, 0) is 16.3 Å². The number of fused-ring (bicyclic) bond motifs is 1. The fourth-order valence-electron chi connectivity index (χ4n) is 1.95. The highest BCUT2D eigenvalue weighted by atomic mass is 32.2. The zero-order valence-electron chi connectivity index (χ0n) is 7.98. The number of aryl methyl sites for hydroxylation is 1. The molecule has 0 amide bonds. The first kappa shape index (κ1) is 10.6. The molecular weight excluding hydrogens is 219 g/mol. The molecule has 1 aromatic rings. The summed E-state index contributed by atoms with van der Waals surface area (Å²) in [6.45, 7) is 0. The number of aliphatic hydroxyl groups excluding tert-OH is 1. The summed E-state index contributed by atoms with van der Waals surface area (Å²) in [5.74, 6) is 0. The van der Waals surface area contributed by atoms with E-state index in [-0.39, 0.29) is 4.90 Å². The Bertz CT molecular complexity index is 481. The van der Waals surface area contributed by atoms with Crippen molar-refractivity contribution in [2.24, 2.45) is 0 Å². The molecule has 0 radical (unpaired) electrons. The predicted octanol–water partition coefficient (Wildman–Crippen LogP) is 1.37. The summed E-state index contributed by atoms with van der Waals surface area (Å²) >= 11 is 0. The Balaban J connectivity index is 2.65. The molecule has 1 aromatic carbocycles. The van der Waals surface area contributed by atoms with E-state index in [1.54, 1.807) is 12.1 Å². The van der Waals surface area contributed by atoms with Gasteiger partial charge in [0.25, 0.3) is 0 Å². The van der Waals surface area contributed by atoms with E-state index in [1.165, 1.54) is 6.07 Å². The maximum atomic E-state index is 12.4. The summed E-state index contributed by atoms with van der Waals surface area (Å²) in [6.07, 6.45) is 0.373. The SMILES string of the molecule is O=S(=O)(CF)c1cccc2c1C(O)CC2. The molecule has 0 spiro atoms. The molecule has 3 nitrogen and oxygen atoms in total. The van der Waals surface area contributed by atoms with E-state index >= 15 is 0 Å². The molecule has 5 heteroatoms. The van der Waals surface area contributed by atoms with E-state index in [0.717, 1.165) is 5.56 Å². The Morgan fingerprint density at radius 3 is 2.87 bits per heavy atom. The van der Waals surface area contributed by atoms with E-state index < -0.39 is 21.9 Å². The average Bonchev–Trinajstić information content (AvgIpc) is 2.60. The van der Waals surface area contributed by atoms with Crippen LogP contribution in [0.2, 0.25) is 0 Å². The van der Waals surface area contributed by atoms with Crippen LogP contribution in [0.4, 0.5) is 4.39 Å². The van der Waals surface area contributed by atoms with E-state index in [4.69, 9.17) is 0 Å². The second kappa shape index (κ2) is 3.57. The van der Waals surface area contributed by atoms with Crippen LogP contribution in [0.3, 0.4) is 0 Å². The normalized spacial score (nSPS) is 20.3. The molecule has 82 valence electrons. The Hall–Kier alpha value is -0.940. The Morgan fingerprint density at radius 2 is 2.20 bits per heavy atom. The Labute approximate surface area is 87.5 Å². The lowest BCUT2D eigenvalue weighted by Crippen LogP contribution is -2.08. The zero-order valence-corrected chi connectivity index (χ0v) is 8.80. The van der Waals surface area contributed by atoms with E-state index in [0.29, 0.717) is 18.4 Å². The molecule has 1 aliphatic carbocycles. The van der Waals surface area contributed by atoms with E-state index in [1.807, 2.05) is 0 Å². The van der Waals surface area contributed by atoms with Crippen molar-refractivity contribution in [1.29, 1.82) is 0 Å². The molecule has 1 atom stereocenters. The number of hydrogen-bond donors (Lipinski definition) is 1. The van der Waals surface area contributed by atoms with E-state index in [9.17, 15) is 17.9 Å². The Morgan fingerprint density at radius 1 is 1.47 bits per heavy atom. The third-order valence-electron chi connectivity index (χ3n) is 2.66. The summed E-state index contributed by atoms with van der Waals surface area (Å²) in [7, 11) is -3.88. The van der Waals surface area contributed by atoms with Crippen molar-refractivity contribution in [1.82, 2.24) is 0 Å². The maximum absolute atomic E-state index is 12.4. The lowest BCUT2D eigenvalue weighted by atomic mass is 10.1. The van der Waals surface area contributed by atoms with Crippen molar-refractivity contribution >= 4 is 9.84 Å². The van der Waals surface area contributed by atoms with Crippen molar-refractivity contribution in [2.75, 3.05) is 6.01 Å². The van der Waals surface area contributed by atoms with Crippen molar-refractivity contribution in [3.05, 3.63) is 29.3 Å². The van der Waals surface area contributed by atoms with Gasteiger partial charge in [-0.15, -0.1) is 0 Å². The minimum atomic E-state index is -3.88. The molecule has 0 saturated heterocycles. The van der Waals surface area contributed by atoms with Gasteiger partial charge in [0.2, 0.25) is 9.84 Å². The molecule has 0 fully saturated rings. The second-order valence-electron chi connectivity index (χ2n) is 3.61.